The second-order valence-electron chi connectivity index (χ2n) is 11.5. The minimum Gasteiger partial charge on any atom is -0.385 e. The Morgan fingerprint density at radius 2 is 1.52 bits per heavy atom. The summed E-state index contributed by atoms with van der Waals surface area (Å²) in [5, 5.41) is 11.6. The van der Waals surface area contributed by atoms with Crippen molar-refractivity contribution in [3.8, 4) is 0 Å². The van der Waals surface area contributed by atoms with E-state index in [2.05, 4.69) is 61.1 Å². The summed E-state index contributed by atoms with van der Waals surface area (Å²) in [6, 6.07) is 0. The third-order valence-electron chi connectivity index (χ3n) is 8.64. The van der Waals surface area contributed by atoms with Crippen molar-refractivity contribution < 1.29 is 5.11 Å². The summed E-state index contributed by atoms with van der Waals surface area (Å²) >= 11 is 0. The van der Waals surface area contributed by atoms with Crippen LogP contribution in [-0.2, 0) is 0 Å². The third-order valence-corrected chi connectivity index (χ3v) is 8.64. The van der Waals surface area contributed by atoms with Gasteiger partial charge in [0.1, 0.15) is 0 Å². The molecule has 0 aromatic heterocycles. The second-order valence-corrected chi connectivity index (χ2v) is 11.5. The summed E-state index contributed by atoms with van der Waals surface area (Å²) in [6.07, 6.45) is 13.9. The highest BCUT2D eigenvalue weighted by molar-refractivity contribution is 5.10. The predicted octanol–water partition coefficient (Wildman–Crippen LogP) is 8.05. The van der Waals surface area contributed by atoms with Gasteiger partial charge in [-0.05, 0) is 92.8 Å². The van der Waals surface area contributed by atoms with Gasteiger partial charge < -0.3 is 5.11 Å². The van der Waals surface area contributed by atoms with Crippen molar-refractivity contribution in [3.63, 3.8) is 0 Å². The van der Waals surface area contributed by atoms with Crippen LogP contribution in [0.25, 0.3) is 0 Å². The number of aliphatic hydroxyl groups is 1. The van der Waals surface area contributed by atoms with Crippen molar-refractivity contribution in [1.82, 2.24) is 0 Å². The van der Waals surface area contributed by atoms with E-state index in [1.54, 1.807) is 5.57 Å². The van der Waals surface area contributed by atoms with Crippen LogP contribution in [0.4, 0.5) is 0 Å². The zero-order chi connectivity index (χ0) is 21.8. The predicted molar refractivity (Wildman–Crippen MR) is 128 cm³/mol. The molecule has 2 fully saturated rings. The molecule has 0 bridgehead atoms. The standard InChI is InChI=1S/C28H50O/c1-9-28(29,27-18-22(7)13-15-25(27)20(4)5)16-10-11-23(8)26-17-21(6)12-14-24(26)19(2)3/h9,11,19-22,24-27,29H,1,10,12-18H2,2-8H3/b23-11-. The van der Waals surface area contributed by atoms with E-state index in [1.165, 1.54) is 32.1 Å². The molecule has 0 aromatic carbocycles. The van der Waals surface area contributed by atoms with Gasteiger partial charge in [0.15, 0.2) is 0 Å². The summed E-state index contributed by atoms with van der Waals surface area (Å²) in [6.45, 7) is 20.7. The molecule has 0 aliphatic heterocycles. The van der Waals surface area contributed by atoms with Gasteiger partial charge in [-0.1, -0.05) is 72.1 Å². The molecular weight excluding hydrogens is 352 g/mol. The normalized spacial score (nSPS) is 36.3. The molecule has 0 saturated heterocycles. The van der Waals surface area contributed by atoms with Crippen molar-refractivity contribution in [2.75, 3.05) is 0 Å². The molecule has 0 spiro atoms. The molecule has 2 aliphatic carbocycles. The van der Waals surface area contributed by atoms with Gasteiger partial charge in [0.05, 0.1) is 5.60 Å². The maximum absolute atomic E-state index is 11.6. The van der Waals surface area contributed by atoms with Gasteiger partial charge in [0.25, 0.3) is 0 Å². The van der Waals surface area contributed by atoms with Crippen LogP contribution in [0.2, 0.25) is 0 Å². The highest BCUT2D eigenvalue weighted by atomic mass is 16.3. The van der Waals surface area contributed by atoms with Gasteiger partial charge in [0, 0.05) is 0 Å². The summed E-state index contributed by atoms with van der Waals surface area (Å²) in [5.74, 6) is 5.48. The lowest BCUT2D eigenvalue weighted by Crippen LogP contribution is -2.44. The molecule has 0 radical (unpaired) electrons. The third kappa shape index (κ3) is 6.22. The van der Waals surface area contributed by atoms with Crippen LogP contribution in [0, 0.1) is 47.3 Å². The van der Waals surface area contributed by atoms with E-state index in [1.807, 2.05) is 6.08 Å². The average molecular weight is 403 g/mol. The first-order valence-electron chi connectivity index (χ1n) is 12.6. The lowest BCUT2D eigenvalue weighted by atomic mass is 9.62. The molecule has 29 heavy (non-hydrogen) atoms. The van der Waals surface area contributed by atoms with Crippen LogP contribution in [0.15, 0.2) is 24.3 Å². The van der Waals surface area contributed by atoms with Gasteiger partial charge in [-0.3, -0.25) is 0 Å². The first kappa shape index (κ1) is 24.7. The highest BCUT2D eigenvalue weighted by Gasteiger charge is 2.42. The highest BCUT2D eigenvalue weighted by Crippen LogP contribution is 2.46. The quantitative estimate of drug-likeness (QED) is 0.407. The van der Waals surface area contributed by atoms with Crippen molar-refractivity contribution in [1.29, 1.82) is 0 Å². The molecule has 0 amide bonds. The van der Waals surface area contributed by atoms with E-state index in [9.17, 15) is 5.11 Å². The lowest BCUT2D eigenvalue weighted by Gasteiger charge is -2.45. The van der Waals surface area contributed by atoms with Crippen LogP contribution in [0.3, 0.4) is 0 Å². The summed E-state index contributed by atoms with van der Waals surface area (Å²) in [7, 11) is 0. The van der Waals surface area contributed by atoms with E-state index in [4.69, 9.17) is 0 Å². The zero-order valence-corrected chi connectivity index (χ0v) is 20.6. The molecule has 0 aromatic rings. The van der Waals surface area contributed by atoms with Gasteiger partial charge in [-0.25, -0.2) is 0 Å². The van der Waals surface area contributed by atoms with E-state index < -0.39 is 5.60 Å². The smallest absolute Gasteiger partial charge is 0.0858 e. The Morgan fingerprint density at radius 3 is 2.07 bits per heavy atom. The molecule has 1 N–H and O–H groups in total. The SMILES string of the molecule is C=CC(O)(CC/C=C(/C)C1CC(C)CCC1C(C)C)C1CC(C)CCC1C(C)C. The minimum atomic E-state index is -0.725. The van der Waals surface area contributed by atoms with Crippen LogP contribution in [0.5, 0.6) is 0 Å². The summed E-state index contributed by atoms with van der Waals surface area (Å²) in [4.78, 5) is 0. The Morgan fingerprint density at radius 1 is 0.966 bits per heavy atom. The Kier molecular flexibility index (Phi) is 9.07. The van der Waals surface area contributed by atoms with Crippen molar-refractivity contribution in [2.24, 2.45) is 47.3 Å². The summed E-state index contributed by atoms with van der Waals surface area (Å²) < 4.78 is 0. The van der Waals surface area contributed by atoms with E-state index in [-0.39, 0.29) is 0 Å². The number of rotatable bonds is 8. The van der Waals surface area contributed by atoms with Crippen molar-refractivity contribution >= 4 is 0 Å². The maximum Gasteiger partial charge on any atom is 0.0858 e. The van der Waals surface area contributed by atoms with Crippen molar-refractivity contribution in [2.45, 2.75) is 105 Å². The number of allylic oxidation sites excluding steroid dienone is 2. The minimum absolute atomic E-state index is 0.357. The number of hydrogen-bond acceptors (Lipinski definition) is 1. The first-order valence-corrected chi connectivity index (χ1v) is 12.6. The average Bonchev–Trinajstić information content (AvgIpc) is 2.67. The molecule has 7 atom stereocenters. The lowest BCUT2D eigenvalue weighted by molar-refractivity contribution is -0.0451. The summed E-state index contributed by atoms with van der Waals surface area (Å²) in [5.41, 5.74) is 0.844. The molecule has 2 rings (SSSR count). The van der Waals surface area contributed by atoms with Gasteiger partial charge in [-0.2, -0.15) is 0 Å². The maximum atomic E-state index is 11.6. The Hall–Kier alpha value is -0.560. The molecule has 7 unspecified atom stereocenters. The van der Waals surface area contributed by atoms with Crippen molar-refractivity contribution in [3.05, 3.63) is 24.3 Å². The fraction of sp³-hybridized carbons (Fsp3) is 0.857. The van der Waals surface area contributed by atoms with E-state index >= 15 is 0 Å². The molecule has 2 aliphatic rings. The van der Waals surface area contributed by atoms with E-state index in [0.29, 0.717) is 23.7 Å². The fourth-order valence-electron chi connectivity index (χ4n) is 6.62. The van der Waals surface area contributed by atoms with Crippen LogP contribution < -0.4 is 0 Å². The second kappa shape index (κ2) is 10.7. The largest absolute Gasteiger partial charge is 0.385 e. The zero-order valence-electron chi connectivity index (χ0n) is 20.6. The molecule has 1 nitrogen and oxygen atoms in total. The van der Waals surface area contributed by atoms with Crippen LogP contribution >= 0.6 is 0 Å². The van der Waals surface area contributed by atoms with Crippen LogP contribution in [0.1, 0.15) is 99.8 Å². The Balaban J connectivity index is 2.09. The molecule has 1 heteroatoms. The van der Waals surface area contributed by atoms with Gasteiger partial charge in [-0.15, -0.1) is 6.58 Å². The molecule has 168 valence electrons. The Labute approximate surface area is 182 Å². The first-order chi connectivity index (χ1) is 13.6. The topological polar surface area (TPSA) is 20.2 Å². The van der Waals surface area contributed by atoms with E-state index in [0.717, 1.165) is 42.9 Å². The molecule has 0 heterocycles. The fourth-order valence-corrected chi connectivity index (χ4v) is 6.62. The number of hydrogen-bond donors (Lipinski definition) is 1. The Bertz CT molecular complexity index is 545. The monoisotopic (exact) mass is 402 g/mol. The molecular formula is C28H50O. The van der Waals surface area contributed by atoms with Crippen LogP contribution in [-0.4, -0.2) is 10.7 Å². The molecule has 2 saturated carbocycles. The van der Waals surface area contributed by atoms with Gasteiger partial charge in [0.2, 0.25) is 0 Å². The van der Waals surface area contributed by atoms with Gasteiger partial charge >= 0.3 is 0 Å².